The molecule has 0 amide bonds. The molecular formula is C11H18O4. The smallest absolute Gasteiger partial charge is 0.132 e. The lowest BCUT2D eigenvalue weighted by molar-refractivity contribution is 0.0866. The standard InChI is InChI=1S/C11H18O4/c1-8(14-2)10-5-6-11(15-10)9(13)4-3-7-12/h5-6,8-9,12-13H,3-4,7H2,1-2H3/t8-,9-/m0/s1. The Morgan fingerprint density at radius 1 is 1.40 bits per heavy atom. The highest BCUT2D eigenvalue weighted by Crippen LogP contribution is 2.25. The summed E-state index contributed by atoms with van der Waals surface area (Å²) in [5.74, 6) is 1.23. The van der Waals surface area contributed by atoms with Crippen LogP contribution in [0.3, 0.4) is 0 Å². The van der Waals surface area contributed by atoms with Gasteiger partial charge in [-0.05, 0) is 31.9 Å². The number of hydrogen-bond donors (Lipinski definition) is 2. The molecule has 0 aliphatic rings. The van der Waals surface area contributed by atoms with Crippen LogP contribution in [0.25, 0.3) is 0 Å². The van der Waals surface area contributed by atoms with Crippen molar-refractivity contribution in [1.29, 1.82) is 0 Å². The van der Waals surface area contributed by atoms with Crippen LogP contribution in [0.1, 0.15) is 43.5 Å². The van der Waals surface area contributed by atoms with Gasteiger partial charge in [-0.2, -0.15) is 0 Å². The molecule has 2 N–H and O–H groups in total. The number of aliphatic hydroxyl groups excluding tert-OH is 2. The Morgan fingerprint density at radius 2 is 2.07 bits per heavy atom. The van der Waals surface area contributed by atoms with Gasteiger partial charge >= 0.3 is 0 Å². The lowest BCUT2D eigenvalue weighted by Gasteiger charge is -2.08. The predicted molar refractivity (Wildman–Crippen MR) is 55.4 cm³/mol. The van der Waals surface area contributed by atoms with Gasteiger partial charge in [0.05, 0.1) is 0 Å². The van der Waals surface area contributed by atoms with Crippen LogP contribution < -0.4 is 0 Å². The first-order chi connectivity index (χ1) is 7.19. The molecule has 0 spiro atoms. The summed E-state index contributed by atoms with van der Waals surface area (Å²) in [6.07, 6.45) is 0.320. The monoisotopic (exact) mass is 214 g/mol. The summed E-state index contributed by atoms with van der Waals surface area (Å²) >= 11 is 0. The lowest BCUT2D eigenvalue weighted by Crippen LogP contribution is -1.97. The van der Waals surface area contributed by atoms with Crippen LogP contribution in [-0.2, 0) is 4.74 Å². The summed E-state index contributed by atoms with van der Waals surface area (Å²) in [7, 11) is 1.61. The van der Waals surface area contributed by atoms with Crippen molar-refractivity contribution in [1.82, 2.24) is 0 Å². The molecule has 0 aliphatic heterocycles. The third-order valence-electron chi connectivity index (χ3n) is 2.37. The van der Waals surface area contributed by atoms with E-state index in [4.69, 9.17) is 14.3 Å². The minimum atomic E-state index is -0.644. The maximum absolute atomic E-state index is 9.67. The highest BCUT2D eigenvalue weighted by Gasteiger charge is 2.14. The first-order valence-electron chi connectivity index (χ1n) is 5.10. The van der Waals surface area contributed by atoms with Gasteiger partial charge in [0, 0.05) is 13.7 Å². The Labute approximate surface area is 89.5 Å². The van der Waals surface area contributed by atoms with E-state index in [1.165, 1.54) is 0 Å². The van der Waals surface area contributed by atoms with Crippen LogP contribution in [0.15, 0.2) is 16.5 Å². The first kappa shape index (κ1) is 12.2. The average molecular weight is 214 g/mol. The largest absolute Gasteiger partial charge is 0.461 e. The molecule has 0 radical (unpaired) electrons. The molecule has 4 nitrogen and oxygen atoms in total. The van der Waals surface area contributed by atoms with Crippen molar-refractivity contribution in [3.8, 4) is 0 Å². The Balaban J connectivity index is 2.58. The highest BCUT2D eigenvalue weighted by molar-refractivity contribution is 5.11. The number of furan rings is 1. The summed E-state index contributed by atoms with van der Waals surface area (Å²) in [5.41, 5.74) is 0. The van der Waals surface area contributed by atoms with Crippen LogP contribution in [0.5, 0.6) is 0 Å². The quantitative estimate of drug-likeness (QED) is 0.757. The van der Waals surface area contributed by atoms with Crippen LogP contribution in [0.4, 0.5) is 0 Å². The molecule has 1 aromatic heterocycles. The van der Waals surface area contributed by atoms with Gasteiger partial charge in [0.25, 0.3) is 0 Å². The van der Waals surface area contributed by atoms with Gasteiger partial charge in [-0.3, -0.25) is 0 Å². The van der Waals surface area contributed by atoms with Crippen LogP contribution in [0, 0.1) is 0 Å². The predicted octanol–water partition coefficient (Wildman–Crippen LogP) is 1.79. The fourth-order valence-electron chi connectivity index (χ4n) is 1.31. The molecule has 15 heavy (non-hydrogen) atoms. The SMILES string of the molecule is CO[C@@H](C)c1ccc([C@@H](O)CCCO)o1. The van der Waals surface area contributed by atoms with Gasteiger partial charge < -0.3 is 19.4 Å². The Morgan fingerprint density at radius 3 is 2.67 bits per heavy atom. The van der Waals surface area contributed by atoms with Gasteiger partial charge in [0.1, 0.15) is 23.7 Å². The molecule has 4 heteroatoms. The summed E-state index contributed by atoms with van der Waals surface area (Å²) in [6, 6.07) is 3.54. The minimum Gasteiger partial charge on any atom is -0.461 e. The first-order valence-corrected chi connectivity index (χ1v) is 5.10. The molecule has 2 atom stereocenters. The van der Waals surface area contributed by atoms with E-state index in [1.807, 2.05) is 6.92 Å². The van der Waals surface area contributed by atoms with E-state index >= 15 is 0 Å². The molecule has 0 bridgehead atoms. The fraction of sp³-hybridized carbons (Fsp3) is 0.636. The van der Waals surface area contributed by atoms with Gasteiger partial charge in [0.15, 0.2) is 0 Å². The maximum Gasteiger partial charge on any atom is 0.132 e. The van der Waals surface area contributed by atoms with Gasteiger partial charge in [-0.1, -0.05) is 0 Å². The second-order valence-electron chi connectivity index (χ2n) is 3.50. The Hall–Kier alpha value is -0.840. The zero-order valence-corrected chi connectivity index (χ0v) is 9.14. The Bertz CT molecular complexity index is 282. The second kappa shape index (κ2) is 5.90. The van der Waals surface area contributed by atoms with E-state index in [0.29, 0.717) is 24.4 Å². The summed E-state index contributed by atoms with van der Waals surface area (Å²) in [5, 5.41) is 18.3. The third-order valence-corrected chi connectivity index (χ3v) is 2.37. The van der Waals surface area contributed by atoms with Crippen molar-refractivity contribution in [3.63, 3.8) is 0 Å². The van der Waals surface area contributed by atoms with Crippen LogP contribution in [-0.4, -0.2) is 23.9 Å². The van der Waals surface area contributed by atoms with E-state index in [-0.39, 0.29) is 12.7 Å². The van der Waals surface area contributed by atoms with E-state index in [1.54, 1.807) is 19.2 Å². The van der Waals surface area contributed by atoms with E-state index in [0.717, 1.165) is 0 Å². The molecule has 0 saturated carbocycles. The van der Waals surface area contributed by atoms with E-state index in [2.05, 4.69) is 0 Å². The third kappa shape index (κ3) is 3.34. The lowest BCUT2D eigenvalue weighted by atomic mass is 10.1. The molecule has 1 rings (SSSR count). The second-order valence-corrected chi connectivity index (χ2v) is 3.50. The summed E-state index contributed by atoms with van der Waals surface area (Å²) in [4.78, 5) is 0. The molecule has 0 fully saturated rings. The zero-order valence-electron chi connectivity index (χ0n) is 9.14. The Kier molecular flexibility index (Phi) is 4.81. The molecule has 1 heterocycles. The van der Waals surface area contributed by atoms with Crippen molar-refractivity contribution in [2.45, 2.75) is 32.0 Å². The number of aliphatic hydroxyl groups is 2. The van der Waals surface area contributed by atoms with Crippen molar-refractivity contribution in [2.24, 2.45) is 0 Å². The number of rotatable bonds is 6. The molecular weight excluding hydrogens is 196 g/mol. The normalized spacial score (nSPS) is 15.2. The van der Waals surface area contributed by atoms with Gasteiger partial charge in [-0.15, -0.1) is 0 Å². The van der Waals surface area contributed by atoms with E-state index in [9.17, 15) is 5.11 Å². The highest BCUT2D eigenvalue weighted by atomic mass is 16.5. The molecule has 1 aromatic rings. The van der Waals surface area contributed by atoms with Gasteiger partial charge in [-0.25, -0.2) is 0 Å². The topological polar surface area (TPSA) is 62.8 Å². The maximum atomic E-state index is 9.67. The molecule has 0 saturated heterocycles. The van der Waals surface area contributed by atoms with E-state index < -0.39 is 6.10 Å². The minimum absolute atomic E-state index is 0.0824. The van der Waals surface area contributed by atoms with Crippen molar-refractivity contribution >= 4 is 0 Å². The number of methoxy groups -OCH3 is 1. The van der Waals surface area contributed by atoms with Crippen molar-refractivity contribution in [3.05, 3.63) is 23.7 Å². The molecule has 0 aromatic carbocycles. The van der Waals surface area contributed by atoms with Crippen molar-refractivity contribution in [2.75, 3.05) is 13.7 Å². The van der Waals surface area contributed by atoms with Gasteiger partial charge in [0.2, 0.25) is 0 Å². The molecule has 0 unspecified atom stereocenters. The number of ether oxygens (including phenoxy) is 1. The van der Waals surface area contributed by atoms with Crippen molar-refractivity contribution < 1.29 is 19.4 Å². The summed E-state index contributed by atoms with van der Waals surface area (Å²) in [6.45, 7) is 1.96. The molecule has 86 valence electrons. The van der Waals surface area contributed by atoms with Crippen LogP contribution in [0.2, 0.25) is 0 Å². The fourth-order valence-corrected chi connectivity index (χ4v) is 1.31. The average Bonchev–Trinajstić information content (AvgIpc) is 2.74. The zero-order chi connectivity index (χ0) is 11.3. The summed E-state index contributed by atoms with van der Waals surface area (Å²) < 4.78 is 10.5. The number of hydrogen-bond acceptors (Lipinski definition) is 4. The molecule has 0 aliphatic carbocycles. The van der Waals surface area contributed by atoms with Crippen LogP contribution >= 0.6 is 0 Å².